The quantitative estimate of drug-likeness (QED) is 0.840. The van der Waals surface area contributed by atoms with Crippen molar-refractivity contribution >= 4 is 5.97 Å². The molecule has 1 aromatic carbocycles. The van der Waals surface area contributed by atoms with Gasteiger partial charge in [-0.2, -0.15) is 13.2 Å². The van der Waals surface area contributed by atoms with Gasteiger partial charge in [0.2, 0.25) is 0 Å². The maximum atomic E-state index is 12.6. The molecule has 2 aliphatic heterocycles. The zero-order valence-electron chi connectivity index (χ0n) is 8.86. The lowest BCUT2D eigenvalue weighted by Crippen LogP contribution is -2.11. The third kappa shape index (κ3) is 1.45. The average molecular weight is 256 g/mol. The number of ether oxygens (including phenoxy) is 1. The Bertz CT molecular complexity index is 574. The first-order valence-corrected chi connectivity index (χ1v) is 5.19. The number of alkyl halides is 3. The van der Waals surface area contributed by atoms with E-state index >= 15 is 0 Å². The van der Waals surface area contributed by atoms with E-state index in [4.69, 9.17) is 9.84 Å². The predicted molar refractivity (Wildman–Crippen MR) is 53.7 cm³/mol. The standard InChI is InChI=1S/C12H7F3O3/c13-12(14,15)5-1-2-6-7(3-5)9-4-8(11(16)17)10(6)18-9/h1-4,9-10H,(H,16,17). The van der Waals surface area contributed by atoms with Crippen LogP contribution in [-0.2, 0) is 15.7 Å². The average Bonchev–Trinajstić information content (AvgIpc) is 2.85. The maximum absolute atomic E-state index is 12.6. The summed E-state index contributed by atoms with van der Waals surface area (Å²) in [5.41, 5.74) is 0.252. The van der Waals surface area contributed by atoms with Gasteiger partial charge in [0.25, 0.3) is 0 Å². The second kappa shape index (κ2) is 3.35. The topological polar surface area (TPSA) is 46.5 Å². The van der Waals surface area contributed by atoms with Gasteiger partial charge < -0.3 is 9.84 Å². The van der Waals surface area contributed by atoms with Crippen molar-refractivity contribution in [2.45, 2.75) is 18.4 Å². The molecule has 0 fully saturated rings. The Hall–Kier alpha value is -1.82. The highest BCUT2D eigenvalue weighted by molar-refractivity contribution is 5.89. The van der Waals surface area contributed by atoms with Crippen molar-refractivity contribution in [2.75, 3.05) is 0 Å². The summed E-state index contributed by atoms with van der Waals surface area (Å²) in [5.74, 6) is -1.10. The van der Waals surface area contributed by atoms with Crippen molar-refractivity contribution in [1.82, 2.24) is 0 Å². The summed E-state index contributed by atoms with van der Waals surface area (Å²) in [7, 11) is 0. The lowest BCUT2D eigenvalue weighted by molar-refractivity contribution is -0.137. The molecule has 0 radical (unpaired) electrons. The van der Waals surface area contributed by atoms with Crippen LogP contribution in [0, 0.1) is 0 Å². The third-order valence-electron chi connectivity index (χ3n) is 3.15. The van der Waals surface area contributed by atoms with Crippen LogP contribution in [0.2, 0.25) is 0 Å². The second-order valence-corrected chi connectivity index (χ2v) is 4.21. The minimum Gasteiger partial charge on any atom is -0.478 e. The van der Waals surface area contributed by atoms with E-state index in [0.717, 1.165) is 12.1 Å². The fraction of sp³-hybridized carbons (Fsp3) is 0.250. The minimum atomic E-state index is -4.41. The largest absolute Gasteiger partial charge is 0.478 e. The molecule has 18 heavy (non-hydrogen) atoms. The number of benzene rings is 1. The van der Waals surface area contributed by atoms with Crippen LogP contribution in [0.5, 0.6) is 0 Å². The van der Waals surface area contributed by atoms with Crippen molar-refractivity contribution in [1.29, 1.82) is 0 Å². The molecule has 2 bridgehead atoms. The van der Waals surface area contributed by atoms with Gasteiger partial charge in [0.1, 0.15) is 12.2 Å². The number of fused-ring (bicyclic) bond motifs is 5. The SMILES string of the molecule is O=C(O)C1=CC2OC1c1ccc(C(F)(F)F)cc12. The summed E-state index contributed by atoms with van der Waals surface area (Å²) in [6, 6.07) is 3.26. The van der Waals surface area contributed by atoms with Crippen LogP contribution in [0.4, 0.5) is 13.2 Å². The van der Waals surface area contributed by atoms with Crippen molar-refractivity contribution in [3.05, 3.63) is 46.5 Å². The molecule has 6 heteroatoms. The summed E-state index contributed by atoms with van der Waals surface area (Å²) in [5, 5.41) is 8.92. The van der Waals surface area contributed by atoms with Crippen LogP contribution in [0.3, 0.4) is 0 Å². The highest BCUT2D eigenvalue weighted by Gasteiger charge is 2.43. The maximum Gasteiger partial charge on any atom is 0.416 e. The molecule has 2 unspecified atom stereocenters. The van der Waals surface area contributed by atoms with E-state index in [0.29, 0.717) is 11.1 Å². The van der Waals surface area contributed by atoms with E-state index in [2.05, 4.69) is 0 Å². The van der Waals surface area contributed by atoms with E-state index in [1.807, 2.05) is 0 Å². The highest BCUT2D eigenvalue weighted by Crippen LogP contribution is 2.50. The molecule has 2 aliphatic rings. The van der Waals surface area contributed by atoms with E-state index in [9.17, 15) is 18.0 Å². The molecule has 94 valence electrons. The third-order valence-corrected chi connectivity index (χ3v) is 3.15. The molecule has 0 saturated carbocycles. The first-order valence-electron chi connectivity index (χ1n) is 5.19. The smallest absolute Gasteiger partial charge is 0.416 e. The summed E-state index contributed by atoms with van der Waals surface area (Å²) in [6.45, 7) is 0. The molecule has 0 amide bonds. The monoisotopic (exact) mass is 256 g/mol. The fourth-order valence-electron chi connectivity index (χ4n) is 2.33. The summed E-state index contributed by atoms with van der Waals surface area (Å²) < 4.78 is 43.0. The van der Waals surface area contributed by atoms with Gasteiger partial charge in [0.05, 0.1) is 11.1 Å². The van der Waals surface area contributed by atoms with Gasteiger partial charge in [-0.1, -0.05) is 6.07 Å². The van der Waals surface area contributed by atoms with Crippen LogP contribution in [0.15, 0.2) is 29.8 Å². The molecular weight excluding hydrogens is 249 g/mol. The molecule has 0 aliphatic carbocycles. The number of hydrogen-bond acceptors (Lipinski definition) is 2. The first kappa shape index (κ1) is 11.3. The Morgan fingerprint density at radius 3 is 2.61 bits per heavy atom. The zero-order valence-corrected chi connectivity index (χ0v) is 8.86. The van der Waals surface area contributed by atoms with Crippen molar-refractivity contribution in [3.8, 4) is 0 Å². The van der Waals surface area contributed by atoms with E-state index in [-0.39, 0.29) is 5.57 Å². The number of carboxylic acids is 1. The van der Waals surface area contributed by atoms with Gasteiger partial charge in [0, 0.05) is 0 Å². The van der Waals surface area contributed by atoms with Crippen LogP contribution >= 0.6 is 0 Å². The second-order valence-electron chi connectivity index (χ2n) is 4.21. The fourth-order valence-corrected chi connectivity index (χ4v) is 2.33. The highest BCUT2D eigenvalue weighted by atomic mass is 19.4. The molecule has 2 heterocycles. The number of halogens is 3. The molecule has 0 spiro atoms. The van der Waals surface area contributed by atoms with Crippen LogP contribution < -0.4 is 0 Å². The van der Waals surface area contributed by atoms with E-state index < -0.39 is 29.9 Å². The summed E-state index contributed by atoms with van der Waals surface area (Å²) in [4.78, 5) is 10.9. The lowest BCUT2D eigenvalue weighted by Gasteiger charge is -2.13. The molecule has 2 atom stereocenters. The molecular formula is C12H7F3O3. The normalized spacial score (nSPS) is 24.9. The molecule has 1 N–H and O–H groups in total. The van der Waals surface area contributed by atoms with Gasteiger partial charge in [-0.15, -0.1) is 0 Å². The van der Waals surface area contributed by atoms with Crippen LogP contribution in [-0.4, -0.2) is 11.1 Å². The van der Waals surface area contributed by atoms with Crippen LogP contribution in [0.25, 0.3) is 0 Å². The van der Waals surface area contributed by atoms with Gasteiger partial charge in [-0.3, -0.25) is 0 Å². The lowest BCUT2D eigenvalue weighted by atomic mass is 9.90. The Kier molecular flexibility index (Phi) is 2.10. The molecule has 1 aromatic rings. The number of carbonyl (C=O) groups is 1. The van der Waals surface area contributed by atoms with Gasteiger partial charge >= 0.3 is 12.1 Å². The van der Waals surface area contributed by atoms with Crippen molar-refractivity contribution < 1.29 is 27.8 Å². The Labute approximate surface area is 99.5 Å². The van der Waals surface area contributed by atoms with Gasteiger partial charge in [0.15, 0.2) is 0 Å². The van der Waals surface area contributed by atoms with Crippen molar-refractivity contribution in [3.63, 3.8) is 0 Å². The van der Waals surface area contributed by atoms with Crippen molar-refractivity contribution in [2.24, 2.45) is 0 Å². The summed E-state index contributed by atoms with van der Waals surface area (Å²) in [6.07, 6.45) is -4.48. The van der Waals surface area contributed by atoms with E-state index in [1.54, 1.807) is 0 Å². The van der Waals surface area contributed by atoms with Gasteiger partial charge in [-0.25, -0.2) is 4.79 Å². The first-order chi connectivity index (χ1) is 8.38. The zero-order chi connectivity index (χ0) is 13.1. The van der Waals surface area contributed by atoms with E-state index in [1.165, 1.54) is 12.1 Å². The minimum absolute atomic E-state index is 0.0901. The molecule has 3 rings (SSSR count). The predicted octanol–water partition coefficient (Wildman–Crippen LogP) is 2.84. The molecule has 3 nitrogen and oxygen atoms in total. The molecule has 0 aromatic heterocycles. The Balaban J connectivity index is 2.05. The number of rotatable bonds is 1. The molecule has 0 saturated heterocycles. The van der Waals surface area contributed by atoms with Gasteiger partial charge in [-0.05, 0) is 29.3 Å². The summed E-state index contributed by atoms with van der Waals surface area (Å²) >= 11 is 0. The number of hydrogen-bond donors (Lipinski definition) is 1. The Morgan fingerprint density at radius 1 is 1.28 bits per heavy atom. The number of carboxylic acid groups (broad SMARTS) is 1. The Morgan fingerprint density at radius 2 is 2.00 bits per heavy atom. The number of aliphatic carboxylic acids is 1. The van der Waals surface area contributed by atoms with Crippen LogP contribution in [0.1, 0.15) is 28.9 Å².